The number of fused-ring (bicyclic) bond motifs is 1. The zero-order valence-corrected chi connectivity index (χ0v) is 12.8. The van der Waals surface area contributed by atoms with Crippen LogP contribution < -0.4 is 0 Å². The van der Waals surface area contributed by atoms with Crippen LogP contribution in [0.3, 0.4) is 0 Å². The zero-order valence-electron chi connectivity index (χ0n) is 12.0. The van der Waals surface area contributed by atoms with Crippen LogP contribution in [0, 0.1) is 11.6 Å². The Hall–Kier alpha value is -2.28. The van der Waals surface area contributed by atoms with Crippen LogP contribution >= 0.6 is 11.8 Å². The van der Waals surface area contributed by atoms with Gasteiger partial charge in [0.25, 0.3) is 0 Å². The smallest absolute Gasteiger partial charge is 0.207 e. The summed E-state index contributed by atoms with van der Waals surface area (Å²) in [6.45, 7) is 0. The molecule has 0 fully saturated rings. The van der Waals surface area contributed by atoms with Gasteiger partial charge in [0.15, 0.2) is 0 Å². The molecule has 3 aromatic rings. The van der Waals surface area contributed by atoms with E-state index in [1.54, 1.807) is 4.68 Å². The van der Waals surface area contributed by atoms with E-state index in [0.717, 1.165) is 18.2 Å². The predicted octanol–water partition coefficient (Wildman–Crippen LogP) is 3.72. The SMILES string of the molecule is Fc1cc(F)c2c(c1)C(Sc1nnnn1-c1ccccc1)CC2. The number of benzene rings is 2. The van der Waals surface area contributed by atoms with Crippen molar-refractivity contribution in [3.63, 3.8) is 0 Å². The summed E-state index contributed by atoms with van der Waals surface area (Å²) in [5, 5.41) is 12.3. The number of rotatable bonds is 3. The van der Waals surface area contributed by atoms with Gasteiger partial charge < -0.3 is 0 Å². The van der Waals surface area contributed by atoms with Gasteiger partial charge in [-0.2, -0.15) is 4.68 Å². The molecule has 1 aliphatic carbocycles. The number of hydrogen-bond donors (Lipinski definition) is 0. The van der Waals surface area contributed by atoms with E-state index in [-0.39, 0.29) is 5.25 Å². The van der Waals surface area contributed by atoms with E-state index in [2.05, 4.69) is 15.5 Å². The van der Waals surface area contributed by atoms with Crippen molar-refractivity contribution in [3.8, 4) is 5.69 Å². The van der Waals surface area contributed by atoms with Gasteiger partial charge in [0.2, 0.25) is 5.16 Å². The Morgan fingerprint density at radius 1 is 1.13 bits per heavy atom. The van der Waals surface area contributed by atoms with Gasteiger partial charge in [-0.15, -0.1) is 5.10 Å². The van der Waals surface area contributed by atoms with Crippen LogP contribution in [0.2, 0.25) is 0 Å². The minimum absolute atomic E-state index is 0.0522. The first-order valence-electron chi connectivity index (χ1n) is 7.20. The highest BCUT2D eigenvalue weighted by Crippen LogP contribution is 2.45. The first kappa shape index (κ1) is 14.3. The summed E-state index contributed by atoms with van der Waals surface area (Å²) < 4.78 is 29.0. The number of hydrogen-bond acceptors (Lipinski definition) is 4. The molecule has 1 aliphatic rings. The lowest BCUT2D eigenvalue weighted by Crippen LogP contribution is -2.00. The number of para-hydroxylation sites is 1. The lowest BCUT2D eigenvalue weighted by atomic mass is 10.1. The van der Waals surface area contributed by atoms with Gasteiger partial charge in [-0.3, -0.25) is 0 Å². The Labute approximate surface area is 135 Å². The summed E-state index contributed by atoms with van der Waals surface area (Å²) in [5.41, 5.74) is 2.15. The molecule has 4 rings (SSSR count). The third-order valence-corrected chi connectivity index (χ3v) is 5.13. The maximum atomic E-state index is 13.9. The van der Waals surface area contributed by atoms with Gasteiger partial charge in [0.1, 0.15) is 11.6 Å². The van der Waals surface area contributed by atoms with Gasteiger partial charge in [-0.25, -0.2) is 8.78 Å². The molecule has 0 amide bonds. The van der Waals surface area contributed by atoms with Crippen LogP contribution in [-0.2, 0) is 6.42 Å². The van der Waals surface area contributed by atoms with Crippen molar-refractivity contribution in [3.05, 3.63) is 65.2 Å². The Kier molecular flexibility index (Phi) is 3.57. The first-order chi connectivity index (χ1) is 11.2. The van der Waals surface area contributed by atoms with Crippen molar-refractivity contribution in [2.24, 2.45) is 0 Å². The lowest BCUT2D eigenvalue weighted by molar-refractivity contribution is 0.574. The highest BCUT2D eigenvalue weighted by Gasteiger charge is 2.28. The molecular weight excluding hydrogens is 318 g/mol. The molecule has 0 aliphatic heterocycles. The number of aromatic nitrogens is 4. The Morgan fingerprint density at radius 3 is 2.78 bits per heavy atom. The van der Waals surface area contributed by atoms with Crippen molar-refractivity contribution in [2.45, 2.75) is 23.2 Å². The maximum Gasteiger partial charge on any atom is 0.214 e. The lowest BCUT2D eigenvalue weighted by Gasteiger charge is -2.11. The summed E-state index contributed by atoms with van der Waals surface area (Å²) in [6.07, 6.45) is 1.34. The molecule has 0 saturated carbocycles. The molecule has 23 heavy (non-hydrogen) atoms. The van der Waals surface area contributed by atoms with Crippen molar-refractivity contribution in [2.75, 3.05) is 0 Å². The first-order valence-corrected chi connectivity index (χ1v) is 8.08. The van der Waals surface area contributed by atoms with Gasteiger partial charge in [0, 0.05) is 11.3 Å². The molecule has 0 bridgehead atoms. The summed E-state index contributed by atoms with van der Waals surface area (Å²) >= 11 is 1.43. The summed E-state index contributed by atoms with van der Waals surface area (Å²) in [7, 11) is 0. The van der Waals surface area contributed by atoms with E-state index in [1.807, 2.05) is 30.3 Å². The van der Waals surface area contributed by atoms with Crippen LogP contribution in [0.1, 0.15) is 22.8 Å². The number of nitrogens with zero attached hydrogens (tertiary/aromatic N) is 4. The molecule has 0 saturated heterocycles. The Morgan fingerprint density at radius 2 is 1.96 bits per heavy atom. The van der Waals surface area contributed by atoms with Gasteiger partial charge in [-0.05, 0) is 52.6 Å². The van der Waals surface area contributed by atoms with Crippen molar-refractivity contribution < 1.29 is 8.78 Å². The number of tetrazole rings is 1. The monoisotopic (exact) mass is 330 g/mol. The molecule has 1 aromatic heterocycles. The van der Waals surface area contributed by atoms with Crippen LogP contribution in [0.15, 0.2) is 47.6 Å². The average molecular weight is 330 g/mol. The second kappa shape index (κ2) is 5.73. The highest BCUT2D eigenvalue weighted by molar-refractivity contribution is 7.99. The van der Waals surface area contributed by atoms with Gasteiger partial charge in [0.05, 0.1) is 5.69 Å². The average Bonchev–Trinajstić information content (AvgIpc) is 3.16. The van der Waals surface area contributed by atoms with Crippen LogP contribution in [0.25, 0.3) is 5.69 Å². The standard InChI is InChI=1S/C16H12F2N4S/c17-10-8-13-12(14(18)9-10)6-7-15(13)23-16-19-20-21-22(16)11-4-2-1-3-5-11/h1-5,8-9,15H,6-7H2. The fourth-order valence-corrected chi connectivity index (χ4v) is 3.99. The minimum atomic E-state index is -0.545. The maximum absolute atomic E-state index is 13.9. The molecule has 1 unspecified atom stereocenters. The van der Waals surface area contributed by atoms with Crippen molar-refractivity contribution in [1.82, 2.24) is 20.2 Å². The second-order valence-electron chi connectivity index (χ2n) is 5.31. The Bertz CT molecular complexity index is 851. The van der Waals surface area contributed by atoms with Gasteiger partial charge >= 0.3 is 0 Å². The summed E-state index contributed by atoms with van der Waals surface area (Å²) in [6, 6.07) is 11.9. The van der Waals surface area contributed by atoms with E-state index < -0.39 is 11.6 Å². The summed E-state index contributed by atoms with van der Waals surface area (Å²) in [4.78, 5) is 0. The molecule has 0 N–H and O–H groups in total. The molecular formula is C16H12F2N4S. The van der Waals surface area contributed by atoms with Crippen LogP contribution in [0.5, 0.6) is 0 Å². The normalized spacial score (nSPS) is 16.5. The summed E-state index contributed by atoms with van der Waals surface area (Å²) in [5.74, 6) is -1.01. The molecule has 0 radical (unpaired) electrons. The number of thioether (sulfide) groups is 1. The van der Waals surface area contributed by atoms with Gasteiger partial charge in [-0.1, -0.05) is 30.0 Å². The molecule has 0 spiro atoms. The van der Waals surface area contributed by atoms with E-state index >= 15 is 0 Å². The third kappa shape index (κ3) is 2.61. The largest absolute Gasteiger partial charge is 0.214 e. The van der Waals surface area contributed by atoms with Crippen LogP contribution in [-0.4, -0.2) is 20.2 Å². The molecule has 4 nitrogen and oxygen atoms in total. The minimum Gasteiger partial charge on any atom is -0.207 e. The van der Waals surface area contributed by atoms with Crippen molar-refractivity contribution >= 4 is 11.8 Å². The molecule has 116 valence electrons. The molecule has 2 aromatic carbocycles. The highest BCUT2D eigenvalue weighted by atomic mass is 32.2. The molecule has 7 heteroatoms. The van der Waals surface area contributed by atoms with Crippen LogP contribution in [0.4, 0.5) is 8.78 Å². The zero-order chi connectivity index (χ0) is 15.8. The van der Waals surface area contributed by atoms with E-state index in [1.165, 1.54) is 17.8 Å². The fourth-order valence-electron chi connectivity index (χ4n) is 2.84. The third-order valence-electron chi connectivity index (χ3n) is 3.89. The van der Waals surface area contributed by atoms with E-state index in [4.69, 9.17) is 0 Å². The fraction of sp³-hybridized carbons (Fsp3) is 0.188. The topological polar surface area (TPSA) is 43.6 Å². The van der Waals surface area contributed by atoms with Crippen molar-refractivity contribution in [1.29, 1.82) is 0 Å². The Balaban J connectivity index is 1.66. The second-order valence-corrected chi connectivity index (χ2v) is 6.48. The quantitative estimate of drug-likeness (QED) is 0.734. The van der Waals surface area contributed by atoms with E-state index in [0.29, 0.717) is 22.7 Å². The predicted molar refractivity (Wildman–Crippen MR) is 82.4 cm³/mol. The molecule has 1 heterocycles. The molecule has 1 atom stereocenters. The van der Waals surface area contributed by atoms with E-state index in [9.17, 15) is 8.78 Å². The number of halogens is 2.